The first-order valence-corrected chi connectivity index (χ1v) is 12.8. The molecule has 3 rings (SSSR count). The summed E-state index contributed by atoms with van der Waals surface area (Å²) in [5.74, 6) is 1.23. The summed E-state index contributed by atoms with van der Waals surface area (Å²) in [6.45, 7) is 6.97. The molecule has 7 nitrogen and oxygen atoms in total. The van der Waals surface area contributed by atoms with Gasteiger partial charge in [-0.2, -0.15) is 4.99 Å². The standard InChI is InChI=1S/C20H28N2O5S2/c1-4-9-26-16-8-7-14(11-17(16)27-10-5-2)22-15-12-29(24,25)13-18(15)28-20(22)21-19(23)6-3/h7-8,11,15,18H,4-6,9-10,12-13H2,1-3H3/t15-,18-/m0/s1. The van der Waals surface area contributed by atoms with Crippen LogP contribution in [-0.2, 0) is 14.6 Å². The van der Waals surface area contributed by atoms with Crippen LogP contribution in [0, 0.1) is 0 Å². The summed E-state index contributed by atoms with van der Waals surface area (Å²) < 4.78 is 36.1. The SMILES string of the molecule is CCCOc1ccc(N2C(=NC(=O)CC)S[C@H]3CS(=O)(=O)C[C@@H]32)cc1OCCC. The zero-order valence-electron chi connectivity index (χ0n) is 17.1. The van der Waals surface area contributed by atoms with Crippen molar-refractivity contribution in [1.29, 1.82) is 0 Å². The summed E-state index contributed by atoms with van der Waals surface area (Å²) in [5.41, 5.74) is 0.764. The number of nitrogens with zero attached hydrogens (tertiary/aromatic N) is 2. The van der Waals surface area contributed by atoms with E-state index in [0.29, 0.717) is 36.3 Å². The number of aliphatic imine (C=N–C) groups is 1. The molecule has 0 bridgehead atoms. The molecule has 2 heterocycles. The largest absolute Gasteiger partial charge is 0.490 e. The molecule has 2 atom stereocenters. The van der Waals surface area contributed by atoms with E-state index in [4.69, 9.17) is 9.47 Å². The minimum atomic E-state index is -3.11. The van der Waals surface area contributed by atoms with Crippen molar-refractivity contribution in [3.63, 3.8) is 0 Å². The quantitative estimate of drug-likeness (QED) is 0.613. The van der Waals surface area contributed by atoms with Crippen LogP contribution in [0.2, 0.25) is 0 Å². The first-order chi connectivity index (χ1) is 13.9. The monoisotopic (exact) mass is 440 g/mol. The number of amides is 1. The van der Waals surface area contributed by atoms with E-state index >= 15 is 0 Å². The normalized spacial score (nSPS) is 24.0. The van der Waals surface area contributed by atoms with Gasteiger partial charge >= 0.3 is 0 Å². The molecular weight excluding hydrogens is 412 g/mol. The van der Waals surface area contributed by atoms with E-state index in [1.807, 2.05) is 36.9 Å². The van der Waals surface area contributed by atoms with Crippen molar-refractivity contribution < 1.29 is 22.7 Å². The van der Waals surface area contributed by atoms with Gasteiger partial charge in [0.2, 0.25) is 5.91 Å². The number of anilines is 1. The Kier molecular flexibility index (Phi) is 7.10. The lowest BCUT2D eigenvalue weighted by molar-refractivity contribution is -0.117. The van der Waals surface area contributed by atoms with Gasteiger partial charge in [-0.05, 0) is 25.0 Å². The molecule has 2 aliphatic rings. The second-order valence-corrected chi connectivity index (χ2v) is 10.5. The highest BCUT2D eigenvalue weighted by Gasteiger charge is 2.49. The molecule has 1 aromatic rings. The molecule has 0 aromatic heterocycles. The molecule has 0 spiro atoms. The summed E-state index contributed by atoms with van der Waals surface area (Å²) in [6.07, 6.45) is 2.05. The van der Waals surface area contributed by atoms with Crippen LogP contribution in [0.15, 0.2) is 23.2 Å². The van der Waals surface area contributed by atoms with Crippen molar-refractivity contribution in [1.82, 2.24) is 0 Å². The predicted octanol–water partition coefficient (Wildman–Crippen LogP) is 3.28. The van der Waals surface area contributed by atoms with Gasteiger partial charge in [0.15, 0.2) is 26.5 Å². The molecule has 160 valence electrons. The van der Waals surface area contributed by atoms with Crippen molar-refractivity contribution in [2.75, 3.05) is 29.6 Å². The Balaban J connectivity index is 1.99. The number of ether oxygens (including phenoxy) is 2. The minimum absolute atomic E-state index is 0.0588. The number of carbonyl (C=O) groups is 1. The van der Waals surface area contributed by atoms with Crippen molar-refractivity contribution in [2.24, 2.45) is 4.99 Å². The van der Waals surface area contributed by atoms with Gasteiger partial charge in [0.25, 0.3) is 0 Å². The fraction of sp³-hybridized carbons (Fsp3) is 0.600. The molecule has 0 saturated carbocycles. The van der Waals surface area contributed by atoms with Crippen LogP contribution in [0.4, 0.5) is 5.69 Å². The third-order valence-corrected chi connectivity index (χ3v) is 7.93. The molecule has 2 fully saturated rings. The first kappa shape index (κ1) is 22.0. The maximum Gasteiger partial charge on any atom is 0.247 e. The van der Waals surface area contributed by atoms with Crippen LogP contribution >= 0.6 is 11.8 Å². The molecule has 2 saturated heterocycles. The average Bonchev–Trinajstić information content (AvgIpc) is 3.15. The van der Waals surface area contributed by atoms with Gasteiger partial charge < -0.3 is 14.4 Å². The average molecular weight is 441 g/mol. The highest BCUT2D eigenvalue weighted by molar-refractivity contribution is 8.16. The Morgan fingerprint density at radius 2 is 1.83 bits per heavy atom. The maximum atomic E-state index is 12.2. The van der Waals surface area contributed by atoms with Crippen LogP contribution in [-0.4, -0.2) is 55.5 Å². The Morgan fingerprint density at radius 3 is 2.48 bits per heavy atom. The van der Waals surface area contributed by atoms with E-state index in [2.05, 4.69) is 4.99 Å². The van der Waals surface area contributed by atoms with E-state index in [-0.39, 0.29) is 28.7 Å². The van der Waals surface area contributed by atoms with Crippen LogP contribution in [0.25, 0.3) is 0 Å². The van der Waals surface area contributed by atoms with Gasteiger partial charge in [-0.3, -0.25) is 4.79 Å². The third-order valence-electron chi connectivity index (χ3n) is 4.72. The highest BCUT2D eigenvalue weighted by atomic mass is 32.2. The lowest BCUT2D eigenvalue weighted by Gasteiger charge is -2.25. The lowest BCUT2D eigenvalue weighted by atomic mass is 10.2. The fourth-order valence-corrected chi connectivity index (χ4v) is 7.29. The van der Waals surface area contributed by atoms with Gasteiger partial charge in [0.1, 0.15) is 0 Å². The number of rotatable bonds is 8. The Bertz CT molecular complexity index is 885. The Hall–Kier alpha value is -1.74. The van der Waals surface area contributed by atoms with Crippen molar-refractivity contribution in [3.8, 4) is 11.5 Å². The van der Waals surface area contributed by atoms with Crippen molar-refractivity contribution >= 4 is 38.4 Å². The second-order valence-electron chi connectivity index (χ2n) is 7.14. The molecule has 0 aliphatic carbocycles. The second kappa shape index (κ2) is 9.38. The van der Waals surface area contributed by atoms with E-state index in [9.17, 15) is 13.2 Å². The zero-order chi connectivity index (χ0) is 21.0. The summed E-state index contributed by atoms with van der Waals surface area (Å²) >= 11 is 1.38. The number of fused-ring (bicyclic) bond motifs is 1. The lowest BCUT2D eigenvalue weighted by Crippen LogP contribution is -2.37. The number of amidine groups is 1. The van der Waals surface area contributed by atoms with Gasteiger partial charge in [0.05, 0.1) is 30.8 Å². The fourth-order valence-electron chi connectivity index (χ4n) is 3.35. The molecule has 2 aliphatic heterocycles. The molecular formula is C20H28N2O5S2. The van der Waals surface area contributed by atoms with Crippen molar-refractivity contribution in [3.05, 3.63) is 18.2 Å². The smallest absolute Gasteiger partial charge is 0.247 e. The third kappa shape index (κ3) is 5.06. The molecule has 1 aromatic carbocycles. The Labute approximate surface area is 176 Å². The molecule has 0 N–H and O–H groups in total. The van der Waals surface area contributed by atoms with E-state index < -0.39 is 9.84 Å². The highest BCUT2D eigenvalue weighted by Crippen LogP contribution is 2.43. The first-order valence-electron chi connectivity index (χ1n) is 10.1. The summed E-state index contributed by atoms with van der Waals surface area (Å²) in [4.78, 5) is 18.1. The van der Waals surface area contributed by atoms with Crippen LogP contribution in [0.5, 0.6) is 11.5 Å². The van der Waals surface area contributed by atoms with Crippen LogP contribution < -0.4 is 14.4 Å². The van der Waals surface area contributed by atoms with Gasteiger partial charge in [-0.1, -0.05) is 32.5 Å². The van der Waals surface area contributed by atoms with E-state index in [0.717, 1.165) is 18.5 Å². The minimum Gasteiger partial charge on any atom is -0.490 e. The molecule has 1 amide bonds. The number of carbonyl (C=O) groups excluding carboxylic acids is 1. The van der Waals surface area contributed by atoms with E-state index in [1.54, 1.807) is 6.92 Å². The van der Waals surface area contributed by atoms with Crippen LogP contribution in [0.3, 0.4) is 0 Å². The van der Waals surface area contributed by atoms with Gasteiger partial charge in [-0.15, -0.1) is 0 Å². The summed E-state index contributed by atoms with van der Waals surface area (Å²) in [6, 6.07) is 5.34. The molecule has 29 heavy (non-hydrogen) atoms. The number of hydrogen-bond acceptors (Lipinski definition) is 6. The predicted molar refractivity (Wildman–Crippen MR) is 117 cm³/mol. The molecule has 0 unspecified atom stereocenters. The number of sulfone groups is 1. The molecule has 0 radical (unpaired) electrons. The topological polar surface area (TPSA) is 85.3 Å². The summed E-state index contributed by atoms with van der Waals surface area (Å²) in [7, 11) is -3.11. The van der Waals surface area contributed by atoms with Gasteiger partial charge in [-0.25, -0.2) is 8.42 Å². The van der Waals surface area contributed by atoms with Crippen molar-refractivity contribution in [2.45, 2.75) is 51.3 Å². The number of thioether (sulfide) groups is 1. The van der Waals surface area contributed by atoms with Crippen LogP contribution in [0.1, 0.15) is 40.0 Å². The molecule has 9 heteroatoms. The summed E-state index contributed by atoms with van der Waals surface area (Å²) in [5, 5.41) is 0.435. The zero-order valence-corrected chi connectivity index (χ0v) is 18.7. The Morgan fingerprint density at radius 1 is 1.14 bits per heavy atom. The number of hydrogen-bond donors (Lipinski definition) is 0. The van der Waals surface area contributed by atoms with E-state index in [1.165, 1.54) is 11.8 Å². The number of benzene rings is 1. The van der Waals surface area contributed by atoms with Gasteiger partial charge in [0, 0.05) is 23.4 Å². The maximum absolute atomic E-state index is 12.2.